The first-order valence-corrected chi connectivity index (χ1v) is 6.20. The van der Waals surface area contributed by atoms with E-state index in [2.05, 4.69) is 10.5 Å². The lowest BCUT2D eigenvalue weighted by atomic mass is 10.2. The molecule has 0 aliphatic heterocycles. The van der Waals surface area contributed by atoms with Crippen LogP contribution in [0.2, 0.25) is 0 Å². The number of amidine groups is 1. The predicted molar refractivity (Wildman–Crippen MR) is 74.0 cm³/mol. The number of carbonyl (C=O) groups excluding carboxylic acids is 1. The Hall–Kier alpha value is -2.24. The second kappa shape index (κ2) is 7.97. The lowest BCUT2D eigenvalue weighted by Crippen LogP contribution is -2.44. The summed E-state index contributed by atoms with van der Waals surface area (Å²) in [7, 11) is 0. The fourth-order valence-corrected chi connectivity index (χ4v) is 1.63. The van der Waals surface area contributed by atoms with Crippen LogP contribution in [0.4, 0.5) is 4.79 Å². The van der Waals surface area contributed by atoms with Crippen LogP contribution in [-0.4, -0.2) is 35.1 Å². The van der Waals surface area contributed by atoms with Crippen LogP contribution in [0.15, 0.2) is 35.5 Å². The van der Waals surface area contributed by atoms with Crippen molar-refractivity contribution < 1.29 is 10.0 Å². The molecular weight excluding hydrogens is 244 g/mol. The fourth-order valence-electron chi connectivity index (χ4n) is 1.63. The summed E-state index contributed by atoms with van der Waals surface area (Å²) in [6, 6.07) is 9.41. The van der Waals surface area contributed by atoms with E-state index in [-0.39, 0.29) is 18.4 Å². The van der Waals surface area contributed by atoms with Crippen LogP contribution in [0.25, 0.3) is 0 Å². The summed E-state index contributed by atoms with van der Waals surface area (Å²) in [5.74, 6) is 0.0170. The molecule has 0 radical (unpaired) electrons. The Morgan fingerprint density at radius 2 is 2.11 bits per heavy atom. The Balaban J connectivity index is 2.52. The maximum atomic E-state index is 12.0. The summed E-state index contributed by atoms with van der Waals surface area (Å²) in [6.07, 6.45) is 0.803. The zero-order valence-electron chi connectivity index (χ0n) is 11.0. The number of urea groups is 1. The van der Waals surface area contributed by atoms with Crippen molar-refractivity contribution in [1.82, 2.24) is 10.2 Å². The lowest BCUT2D eigenvalue weighted by molar-refractivity contribution is 0.203. The van der Waals surface area contributed by atoms with Gasteiger partial charge in [0.2, 0.25) is 0 Å². The van der Waals surface area contributed by atoms with E-state index in [9.17, 15) is 4.79 Å². The number of hydrogen-bond donors (Lipinski definition) is 3. The van der Waals surface area contributed by atoms with E-state index in [1.807, 2.05) is 37.3 Å². The summed E-state index contributed by atoms with van der Waals surface area (Å²) in [4.78, 5) is 13.5. The van der Waals surface area contributed by atoms with E-state index >= 15 is 0 Å². The number of nitrogens with one attached hydrogen (secondary N) is 1. The molecular formula is C13H20N4O2. The highest BCUT2D eigenvalue weighted by molar-refractivity contribution is 5.86. The number of rotatable bonds is 6. The minimum absolute atomic E-state index is 0.0170. The molecule has 0 heterocycles. The molecule has 1 rings (SSSR count). The highest BCUT2D eigenvalue weighted by Gasteiger charge is 2.13. The third-order valence-electron chi connectivity index (χ3n) is 2.55. The van der Waals surface area contributed by atoms with Gasteiger partial charge in [0, 0.05) is 13.1 Å². The second-order valence-electron chi connectivity index (χ2n) is 4.16. The highest BCUT2D eigenvalue weighted by Crippen LogP contribution is 1.99. The van der Waals surface area contributed by atoms with Gasteiger partial charge in [-0.1, -0.05) is 42.4 Å². The van der Waals surface area contributed by atoms with Crippen molar-refractivity contribution >= 4 is 11.9 Å². The molecule has 6 heteroatoms. The Kier molecular flexibility index (Phi) is 6.21. The lowest BCUT2D eigenvalue weighted by Gasteiger charge is -2.21. The van der Waals surface area contributed by atoms with Crippen LogP contribution in [-0.2, 0) is 6.54 Å². The Labute approximate surface area is 112 Å². The maximum absolute atomic E-state index is 12.0. The van der Waals surface area contributed by atoms with Crippen molar-refractivity contribution in [3.05, 3.63) is 35.9 Å². The van der Waals surface area contributed by atoms with Crippen LogP contribution >= 0.6 is 0 Å². The van der Waals surface area contributed by atoms with Crippen molar-refractivity contribution in [3.63, 3.8) is 0 Å². The first-order chi connectivity index (χ1) is 9.17. The Bertz CT molecular complexity index is 420. The van der Waals surface area contributed by atoms with E-state index in [1.165, 1.54) is 4.90 Å². The predicted octanol–water partition coefficient (Wildman–Crippen LogP) is 1.35. The first-order valence-electron chi connectivity index (χ1n) is 6.20. The topological polar surface area (TPSA) is 90.9 Å². The van der Waals surface area contributed by atoms with Crippen molar-refractivity contribution in [3.8, 4) is 0 Å². The van der Waals surface area contributed by atoms with Gasteiger partial charge in [-0.15, -0.1) is 0 Å². The molecule has 19 heavy (non-hydrogen) atoms. The van der Waals surface area contributed by atoms with E-state index in [1.54, 1.807) is 0 Å². The van der Waals surface area contributed by atoms with Gasteiger partial charge in [0.05, 0.1) is 6.54 Å². The van der Waals surface area contributed by atoms with Crippen LogP contribution < -0.4 is 11.1 Å². The molecule has 0 aliphatic rings. The molecule has 1 aromatic carbocycles. The molecule has 104 valence electrons. The zero-order chi connectivity index (χ0) is 14.1. The van der Waals surface area contributed by atoms with Gasteiger partial charge in [0.25, 0.3) is 0 Å². The average molecular weight is 264 g/mol. The Morgan fingerprint density at radius 1 is 1.42 bits per heavy atom. The van der Waals surface area contributed by atoms with Crippen molar-refractivity contribution in [2.75, 3.05) is 13.1 Å². The maximum Gasteiger partial charge on any atom is 0.318 e. The van der Waals surface area contributed by atoms with Crippen LogP contribution in [0, 0.1) is 0 Å². The van der Waals surface area contributed by atoms with E-state index in [0.29, 0.717) is 13.1 Å². The fraction of sp³-hybridized carbons (Fsp3) is 0.385. The monoisotopic (exact) mass is 264 g/mol. The number of hydrogen-bond acceptors (Lipinski definition) is 3. The van der Waals surface area contributed by atoms with Crippen molar-refractivity contribution in [1.29, 1.82) is 0 Å². The molecule has 0 fully saturated rings. The SMILES string of the molecule is CCCN(C/C(N)=N/O)C(=O)NCc1ccccc1. The van der Waals surface area contributed by atoms with Crippen molar-refractivity contribution in [2.24, 2.45) is 10.9 Å². The molecule has 4 N–H and O–H groups in total. The number of carbonyl (C=O) groups is 1. The quantitative estimate of drug-likeness (QED) is 0.313. The molecule has 0 saturated heterocycles. The smallest absolute Gasteiger partial charge is 0.318 e. The standard InChI is InChI=1S/C13H20N4O2/c1-2-8-17(10-12(14)16-19)13(18)15-9-11-6-4-3-5-7-11/h3-7,19H,2,8-10H2,1H3,(H2,14,16)(H,15,18). The van der Waals surface area contributed by atoms with Gasteiger partial charge in [-0.2, -0.15) is 0 Å². The number of oxime groups is 1. The zero-order valence-corrected chi connectivity index (χ0v) is 11.0. The van der Waals surface area contributed by atoms with E-state index in [0.717, 1.165) is 12.0 Å². The number of nitrogens with two attached hydrogens (primary N) is 1. The molecule has 0 saturated carbocycles. The van der Waals surface area contributed by atoms with Gasteiger partial charge in [-0.05, 0) is 12.0 Å². The minimum atomic E-state index is -0.225. The van der Waals surface area contributed by atoms with Crippen LogP contribution in [0.5, 0.6) is 0 Å². The van der Waals surface area contributed by atoms with Gasteiger partial charge in [-0.25, -0.2) is 4.79 Å². The molecule has 1 aromatic rings. The molecule has 0 aliphatic carbocycles. The first kappa shape index (κ1) is 14.8. The van der Waals surface area contributed by atoms with Gasteiger partial charge in [-0.3, -0.25) is 0 Å². The summed E-state index contributed by atoms with van der Waals surface area (Å²) in [5, 5.41) is 14.2. The highest BCUT2D eigenvalue weighted by atomic mass is 16.4. The molecule has 0 bridgehead atoms. The summed E-state index contributed by atoms with van der Waals surface area (Å²) < 4.78 is 0. The number of nitrogens with zero attached hydrogens (tertiary/aromatic N) is 2. The van der Waals surface area contributed by atoms with Crippen molar-refractivity contribution in [2.45, 2.75) is 19.9 Å². The largest absolute Gasteiger partial charge is 0.409 e. The van der Waals surface area contributed by atoms with Gasteiger partial charge in [0.1, 0.15) is 0 Å². The molecule has 0 atom stereocenters. The third kappa shape index (κ3) is 5.29. The normalized spacial score (nSPS) is 11.1. The number of amides is 2. The van der Waals surface area contributed by atoms with Gasteiger partial charge in [0.15, 0.2) is 5.84 Å². The molecule has 0 aromatic heterocycles. The molecule has 6 nitrogen and oxygen atoms in total. The van der Waals surface area contributed by atoms with Crippen LogP contribution in [0.3, 0.4) is 0 Å². The Morgan fingerprint density at radius 3 is 2.68 bits per heavy atom. The molecule has 2 amide bonds. The molecule has 0 spiro atoms. The van der Waals surface area contributed by atoms with Gasteiger partial charge < -0.3 is 21.2 Å². The summed E-state index contributed by atoms with van der Waals surface area (Å²) >= 11 is 0. The molecule has 0 unspecified atom stereocenters. The second-order valence-corrected chi connectivity index (χ2v) is 4.16. The van der Waals surface area contributed by atoms with E-state index < -0.39 is 0 Å². The summed E-state index contributed by atoms with van der Waals surface area (Å²) in [6.45, 7) is 3.08. The minimum Gasteiger partial charge on any atom is -0.409 e. The summed E-state index contributed by atoms with van der Waals surface area (Å²) in [5.41, 5.74) is 6.45. The number of benzene rings is 1. The van der Waals surface area contributed by atoms with Crippen LogP contribution in [0.1, 0.15) is 18.9 Å². The third-order valence-corrected chi connectivity index (χ3v) is 2.55. The van der Waals surface area contributed by atoms with E-state index in [4.69, 9.17) is 10.9 Å². The average Bonchev–Trinajstić information content (AvgIpc) is 2.45. The van der Waals surface area contributed by atoms with Gasteiger partial charge >= 0.3 is 6.03 Å².